The summed E-state index contributed by atoms with van der Waals surface area (Å²) in [5.74, 6) is 0. The van der Waals surface area contributed by atoms with Crippen LogP contribution in [0.15, 0.2) is 24.3 Å². The van der Waals surface area contributed by atoms with Crippen molar-refractivity contribution < 1.29 is 8.42 Å². The third-order valence-corrected chi connectivity index (χ3v) is 5.87. The molecule has 3 nitrogen and oxygen atoms in total. The lowest BCUT2D eigenvalue weighted by Gasteiger charge is -2.36. The van der Waals surface area contributed by atoms with Crippen LogP contribution in [-0.2, 0) is 14.6 Å². The summed E-state index contributed by atoms with van der Waals surface area (Å²) in [6, 6.07) is 7.36. The molecule has 0 aliphatic heterocycles. The van der Waals surface area contributed by atoms with E-state index >= 15 is 0 Å². The van der Waals surface area contributed by atoms with Crippen molar-refractivity contribution in [1.82, 2.24) is 0 Å². The van der Waals surface area contributed by atoms with Crippen molar-refractivity contribution in [3.05, 3.63) is 29.8 Å². The average Bonchev–Trinajstić information content (AvgIpc) is 2.29. The van der Waals surface area contributed by atoms with E-state index in [1.165, 1.54) is 6.26 Å². The van der Waals surface area contributed by atoms with Crippen molar-refractivity contribution in [3.63, 3.8) is 0 Å². The first-order valence-electron chi connectivity index (χ1n) is 6.02. The maximum absolute atomic E-state index is 12.2. The lowest BCUT2D eigenvalue weighted by Crippen LogP contribution is -2.37. The Morgan fingerprint density at radius 2 is 1.71 bits per heavy atom. The maximum atomic E-state index is 12.2. The summed E-state index contributed by atoms with van der Waals surface area (Å²) in [5, 5.41) is 0. The number of para-hydroxylation sites is 1. The molecule has 1 aliphatic rings. The van der Waals surface area contributed by atoms with Crippen LogP contribution in [0.2, 0.25) is 0 Å². The van der Waals surface area contributed by atoms with E-state index in [1.807, 2.05) is 18.2 Å². The van der Waals surface area contributed by atoms with Crippen LogP contribution in [0.5, 0.6) is 0 Å². The molecule has 0 heterocycles. The summed E-state index contributed by atoms with van der Waals surface area (Å²) >= 11 is 0. The molecule has 17 heavy (non-hydrogen) atoms. The smallest absolute Gasteiger partial charge is 0.157 e. The monoisotopic (exact) mass is 253 g/mol. The Hall–Kier alpha value is -1.03. The molecule has 1 aromatic carbocycles. The Kier molecular flexibility index (Phi) is 3.17. The van der Waals surface area contributed by atoms with Gasteiger partial charge in [0.2, 0.25) is 0 Å². The van der Waals surface area contributed by atoms with Gasteiger partial charge in [0.05, 0.1) is 4.75 Å². The van der Waals surface area contributed by atoms with Crippen LogP contribution in [0.1, 0.15) is 37.7 Å². The van der Waals surface area contributed by atoms with E-state index < -0.39 is 14.6 Å². The van der Waals surface area contributed by atoms with E-state index in [4.69, 9.17) is 5.73 Å². The summed E-state index contributed by atoms with van der Waals surface area (Å²) in [5.41, 5.74) is 7.36. The van der Waals surface area contributed by atoms with E-state index in [2.05, 4.69) is 0 Å². The highest BCUT2D eigenvalue weighted by atomic mass is 32.2. The summed E-state index contributed by atoms with van der Waals surface area (Å²) in [7, 11) is -3.14. The largest absolute Gasteiger partial charge is 0.398 e. The van der Waals surface area contributed by atoms with Gasteiger partial charge in [0.15, 0.2) is 9.84 Å². The van der Waals surface area contributed by atoms with E-state index in [0.29, 0.717) is 18.5 Å². The lowest BCUT2D eigenvalue weighted by molar-refractivity contribution is 0.383. The number of sulfone groups is 1. The van der Waals surface area contributed by atoms with Gasteiger partial charge in [0.25, 0.3) is 0 Å². The van der Waals surface area contributed by atoms with Crippen LogP contribution in [-0.4, -0.2) is 14.7 Å². The molecule has 1 saturated carbocycles. The molecule has 2 N–H and O–H groups in total. The molecule has 0 bridgehead atoms. The highest BCUT2D eigenvalue weighted by Crippen LogP contribution is 2.45. The van der Waals surface area contributed by atoms with Crippen LogP contribution < -0.4 is 5.73 Å². The fourth-order valence-corrected chi connectivity index (χ4v) is 4.49. The molecule has 1 fully saturated rings. The van der Waals surface area contributed by atoms with Crippen molar-refractivity contribution in [2.75, 3.05) is 12.0 Å². The second kappa shape index (κ2) is 4.33. The van der Waals surface area contributed by atoms with Gasteiger partial charge in [-0.1, -0.05) is 37.5 Å². The van der Waals surface area contributed by atoms with Crippen molar-refractivity contribution in [1.29, 1.82) is 0 Å². The highest BCUT2D eigenvalue weighted by molar-refractivity contribution is 7.91. The zero-order valence-corrected chi connectivity index (χ0v) is 11.0. The minimum atomic E-state index is -3.14. The van der Waals surface area contributed by atoms with Gasteiger partial charge in [-0.15, -0.1) is 0 Å². The normalized spacial score (nSPS) is 20.1. The van der Waals surface area contributed by atoms with Gasteiger partial charge in [-0.05, 0) is 24.5 Å². The number of hydrogen-bond donors (Lipinski definition) is 1. The van der Waals surface area contributed by atoms with Crippen molar-refractivity contribution in [2.24, 2.45) is 0 Å². The third-order valence-electron chi connectivity index (χ3n) is 3.82. The summed E-state index contributed by atoms with van der Waals surface area (Å²) in [4.78, 5) is 0. The molecule has 2 rings (SSSR count). The van der Waals surface area contributed by atoms with E-state index in [-0.39, 0.29) is 0 Å². The third kappa shape index (κ3) is 2.06. The summed E-state index contributed by atoms with van der Waals surface area (Å²) in [6.07, 6.45) is 5.76. The Bertz CT molecular complexity index is 502. The highest BCUT2D eigenvalue weighted by Gasteiger charge is 2.44. The molecule has 0 unspecified atom stereocenters. The first-order valence-corrected chi connectivity index (χ1v) is 7.91. The van der Waals surface area contributed by atoms with Crippen molar-refractivity contribution in [2.45, 2.75) is 36.9 Å². The van der Waals surface area contributed by atoms with Crippen LogP contribution in [0, 0.1) is 0 Å². The van der Waals surface area contributed by atoms with Gasteiger partial charge in [-0.2, -0.15) is 0 Å². The van der Waals surface area contributed by atoms with Crippen LogP contribution in [0.25, 0.3) is 0 Å². The Morgan fingerprint density at radius 3 is 2.24 bits per heavy atom. The number of hydrogen-bond acceptors (Lipinski definition) is 3. The van der Waals surface area contributed by atoms with E-state index in [9.17, 15) is 8.42 Å². The number of benzene rings is 1. The van der Waals surface area contributed by atoms with Gasteiger partial charge >= 0.3 is 0 Å². The summed E-state index contributed by atoms with van der Waals surface area (Å²) < 4.78 is 23.7. The first-order chi connectivity index (χ1) is 7.97. The molecule has 94 valence electrons. The summed E-state index contributed by atoms with van der Waals surface area (Å²) in [6.45, 7) is 0. The lowest BCUT2D eigenvalue weighted by atomic mass is 9.82. The number of rotatable bonds is 2. The first kappa shape index (κ1) is 12.4. The molecule has 0 radical (unpaired) electrons. The second-order valence-corrected chi connectivity index (χ2v) is 7.24. The molecule has 0 aromatic heterocycles. The van der Waals surface area contributed by atoms with Gasteiger partial charge < -0.3 is 5.73 Å². The molecular formula is C13H19NO2S. The Labute approximate surface area is 103 Å². The van der Waals surface area contributed by atoms with E-state index in [0.717, 1.165) is 24.8 Å². The number of anilines is 1. The predicted molar refractivity (Wildman–Crippen MR) is 70.5 cm³/mol. The molecule has 1 aromatic rings. The van der Waals surface area contributed by atoms with Crippen LogP contribution in [0.3, 0.4) is 0 Å². The minimum Gasteiger partial charge on any atom is -0.398 e. The fraction of sp³-hybridized carbons (Fsp3) is 0.538. The predicted octanol–water partition coefficient (Wildman–Crippen LogP) is 2.47. The topological polar surface area (TPSA) is 60.2 Å². The molecule has 0 amide bonds. The average molecular weight is 253 g/mol. The standard InChI is InChI=1S/C13H19NO2S/c1-17(15,16)13(9-5-2-6-10-13)11-7-3-4-8-12(11)14/h3-4,7-8H,2,5-6,9-10,14H2,1H3. The molecular weight excluding hydrogens is 234 g/mol. The SMILES string of the molecule is CS(=O)(=O)C1(c2ccccc2N)CCCCC1. The van der Waals surface area contributed by atoms with Crippen LogP contribution >= 0.6 is 0 Å². The number of nitrogen functional groups attached to an aromatic ring is 1. The zero-order chi connectivity index (χ0) is 12.5. The fourth-order valence-electron chi connectivity index (χ4n) is 2.87. The number of nitrogens with two attached hydrogens (primary N) is 1. The van der Waals surface area contributed by atoms with Crippen molar-refractivity contribution >= 4 is 15.5 Å². The molecule has 0 atom stereocenters. The maximum Gasteiger partial charge on any atom is 0.157 e. The zero-order valence-electron chi connectivity index (χ0n) is 10.1. The quantitative estimate of drug-likeness (QED) is 0.824. The van der Waals surface area contributed by atoms with E-state index in [1.54, 1.807) is 6.07 Å². The molecule has 0 saturated heterocycles. The van der Waals surface area contributed by atoms with Gasteiger partial charge in [-0.3, -0.25) is 0 Å². The van der Waals surface area contributed by atoms with Gasteiger partial charge in [0.1, 0.15) is 0 Å². The second-order valence-electron chi connectivity index (χ2n) is 4.91. The molecule has 4 heteroatoms. The van der Waals surface area contributed by atoms with Crippen molar-refractivity contribution in [3.8, 4) is 0 Å². The Morgan fingerprint density at radius 1 is 1.12 bits per heavy atom. The van der Waals surface area contributed by atoms with Gasteiger partial charge in [-0.25, -0.2) is 8.42 Å². The van der Waals surface area contributed by atoms with Gasteiger partial charge in [0, 0.05) is 11.9 Å². The van der Waals surface area contributed by atoms with Crippen LogP contribution in [0.4, 0.5) is 5.69 Å². The molecule has 0 spiro atoms. The molecule has 1 aliphatic carbocycles. The minimum absolute atomic E-state index is 0.597. The Balaban J connectivity index is 2.59.